The van der Waals surface area contributed by atoms with Gasteiger partial charge in [0.15, 0.2) is 5.69 Å². The summed E-state index contributed by atoms with van der Waals surface area (Å²) < 4.78 is 5.47. The number of fused-ring (bicyclic) bond motifs is 1. The molecule has 2 unspecified atom stereocenters. The Balaban J connectivity index is 1.26. The van der Waals surface area contributed by atoms with E-state index in [2.05, 4.69) is 31.6 Å². The van der Waals surface area contributed by atoms with Crippen molar-refractivity contribution in [1.82, 2.24) is 30.0 Å². The fourth-order valence-electron chi connectivity index (χ4n) is 6.16. The summed E-state index contributed by atoms with van der Waals surface area (Å²) >= 11 is 1.39. The molecule has 0 bridgehead atoms. The molecule has 2 saturated heterocycles. The highest BCUT2D eigenvalue weighted by Gasteiger charge is 2.45. The fourth-order valence-corrected chi connectivity index (χ4v) is 7.03. The zero-order valence-corrected chi connectivity index (χ0v) is 25.1. The molecular formula is C31H35N8O3S+. The van der Waals surface area contributed by atoms with Gasteiger partial charge in [-0.25, -0.2) is 0 Å². The zero-order valence-electron chi connectivity index (χ0n) is 24.3. The van der Waals surface area contributed by atoms with E-state index in [0.717, 1.165) is 47.7 Å². The molecule has 2 atom stereocenters. The normalized spacial score (nSPS) is 22.4. The molecule has 2 amide bonds. The minimum absolute atomic E-state index is 0.0206. The first-order valence-corrected chi connectivity index (χ1v) is 15.3. The van der Waals surface area contributed by atoms with E-state index in [1.807, 2.05) is 50.2 Å². The van der Waals surface area contributed by atoms with Crippen LogP contribution in [0.4, 0.5) is 11.4 Å². The second-order valence-electron chi connectivity index (χ2n) is 11.6. The summed E-state index contributed by atoms with van der Waals surface area (Å²) in [4.78, 5) is 37.8. The van der Waals surface area contributed by atoms with Crippen LogP contribution in [0.5, 0.6) is 0 Å². The number of benzene rings is 1. The first-order chi connectivity index (χ1) is 20.8. The summed E-state index contributed by atoms with van der Waals surface area (Å²) in [6, 6.07) is 13.4. The lowest BCUT2D eigenvalue weighted by molar-refractivity contribution is -0.127. The van der Waals surface area contributed by atoms with Gasteiger partial charge >= 0.3 is 5.91 Å². The Labute approximate surface area is 254 Å². The SMILES string of the molecule is CC(C)(C=C(C#N)C(=O)N1CCCC1C[N+]1(NC(=O)c2ccc(-c3cn[nH]c3)s2)C=Nc2ccccc21)N1CCOCC1. The third-order valence-corrected chi connectivity index (χ3v) is 9.56. The van der Waals surface area contributed by atoms with Crippen molar-refractivity contribution in [3.8, 4) is 16.5 Å². The number of carbonyl (C=O) groups is 2. The largest absolute Gasteiger partial charge is 0.379 e. The molecule has 5 heterocycles. The number of aromatic nitrogens is 2. The average molecular weight is 600 g/mol. The first-order valence-electron chi connectivity index (χ1n) is 14.5. The van der Waals surface area contributed by atoms with E-state index < -0.39 is 5.54 Å². The molecule has 2 fully saturated rings. The van der Waals surface area contributed by atoms with Crippen LogP contribution in [0.3, 0.4) is 0 Å². The van der Waals surface area contributed by atoms with Gasteiger partial charge in [0, 0.05) is 47.9 Å². The molecular weight excluding hydrogens is 564 g/mol. The number of morpholine rings is 1. The predicted octanol–water partition coefficient (Wildman–Crippen LogP) is 4.02. The number of likely N-dealkylation sites (tertiary alicyclic amines) is 1. The van der Waals surface area contributed by atoms with Crippen molar-refractivity contribution in [1.29, 1.82) is 5.26 Å². The topological polar surface area (TPSA) is 127 Å². The van der Waals surface area contributed by atoms with Gasteiger partial charge in [0.1, 0.15) is 23.9 Å². The van der Waals surface area contributed by atoms with Crippen LogP contribution in [0.15, 0.2) is 65.4 Å². The van der Waals surface area contributed by atoms with Crippen molar-refractivity contribution >= 4 is 40.9 Å². The lowest BCUT2D eigenvalue weighted by Crippen LogP contribution is -2.64. The molecule has 3 aliphatic heterocycles. The molecule has 2 N–H and O–H groups in total. The number of nitriles is 1. The average Bonchev–Trinajstić information content (AvgIpc) is 3.84. The minimum Gasteiger partial charge on any atom is -0.379 e. The Hall–Kier alpha value is -4.15. The number of nitrogens with zero attached hydrogens (tertiary/aromatic N) is 6. The number of quaternary nitrogens is 1. The van der Waals surface area contributed by atoms with Crippen molar-refractivity contribution in [3.05, 3.63) is 65.3 Å². The first kappa shape index (κ1) is 28.9. The lowest BCUT2D eigenvalue weighted by Gasteiger charge is -2.39. The van der Waals surface area contributed by atoms with Crippen LogP contribution in [0.1, 0.15) is 36.4 Å². The number of amides is 2. The van der Waals surface area contributed by atoms with Crippen LogP contribution in [0.25, 0.3) is 10.4 Å². The van der Waals surface area contributed by atoms with E-state index in [1.165, 1.54) is 11.3 Å². The maximum Gasteiger partial charge on any atom is 0.306 e. The number of para-hydroxylation sites is 2. The molecule has 12 heteroatoms. The Bertz CT molecular complexity index is 1600. The number of aliphatic imine (C=N–C) groups is 1. The number of H-pyrrole nitrogens is 1. The van der Waals surface area contributed by atoms with E-state index in [4.69, 9.17) is 4.74 Å². The molecule has 222 valence electrons. The van der Waals surface area contributed by atoms with Crippen molar-refractivity contribution < 1.29 is 14.3 Å². The maximum atomic E-state index is 13.9. The molecule has 0 aliphatic carbocycles. The van der Waals surface area contributed by atoms with Gasteiger partial charge in [-0.2, -0.15) is 20.8 Å². The fraction of sp³-hybridized carbons (Fsp3) is 0.387. The third-order valence-electron chi connectivity index (χ3n) is 8.43. The standard InChI is InChI=1S/C31H34N8O3S/c1-31(2,37-12-14-42-15-13-37)16-22(17-32)30(41)38-11-5-6-24(38)20-39(21-33-25-7-3-4-8-26(25)39)36-29(40)28-10-9-27(43-28)23-18-34-35-19-23/h3-4,7-10,16,18-19,21,24H,5-6,11-15,20H2,1-2H3,(H-,34,35,36,40)/p+1. The summed E-state index contributed by atoms with van der Waals surface area (Å²) in [7, 11) is 0. The van der Waals surface area contributed by atoms with Crippen molar-refractivity contribution in [2.75, 3.05) is 39.4 Å². The van der Waals surface area contributed by atoms with Crippen molar-refractivity contribution in [3.63, 3.8) is 0 Å². The van der Waals surface area contributed by atoms with Crippen LogP contribution in [0.2, 0.25) is 0 Å². The molecule has 0 radical (unpaired) electrons. The van der Waals surface area contributed by atoms with Gasteiger partial charge in [-0.05, 0) is 51.0 Å². The molecule has 6 rings (SSSR count). The Morgan fingerprint density at radius 2 is 2.05 bits per heavy atom. The van der Waals surface area contributed by atoms with Crippen LogP contribution in [0, 0.1) is 11.3 Å². The number of carbonyl (C=O) groups excluding carboxylic acids is 2. The van der Waals surface area contributed by atoms with Gasteiger partial charge in [-0.3, -0.25) is 19.6 Å². The van der Waals surface area contributed by atoms with E-state index >= 15 is 0 Å². The summed E-state index contributed by atoms with van der Waals surface area (Å²) in [5, 5.41) is 16.9. The summed E-state index contributed by atoms with van der Waals surface area (Å²) in [5.41, 5.74) is 5.43. The van der Waals surface area contributed by atoms with Crippen LogP contribution < -0.4 is 10.0 Å². The highest BCUT2D eigenvalue weighted by Crippen LogP contribution is 2.38. The number of nitrogens with one attached hydrogen (secondary N) is 2. The monoisotopic (exact) mass is 599 g/mol. The van der Waals surface area contributed by atoms with Gasteiger partial charge in [0.05, 0.1) is 30.3 Å². The maximum absolute atomic E-state index is 13.9. The number of ether oxygens (including phenoxy) is 1. The summed E-state index contributed by atoms with van der Waals surface area (Å²) in [6.45, 7) is 7.75. The van der Waals surface area contributed by atoms with Gasteiger partial charge in [0.25, 0.3) is 5.91 Å². The third kappa shape index (κ3) is 5.77. The molecule has 3 aliphatic rings. The van der Waals surface area contributed by atoms with Crippen molar-refractivity contribution in [2.45, 2.75) is 38.3 Å². The quantitative estimate of drug-likeness (QED) is 0.229. The van der Waals surface area contributed by atoms with E-state index in [0.29, 0.717) is 31.2 Å². The smallest absolute Gasteiger partial charge is 0.306 e. The Morgan fingerprint density at radius 3 is 2.81 bits per heavy atom. The molecule has 43 heavy (non-hydrogen) atoms. The molecule has 0 saturated carbocycles. The number of thiophene rings is 1. The molecule has 2 aromatic heterocycles. The summed E-state index contributed by atoms with van der Waals surface area (Å²) in [5.74, 6) is -0.508. The second-order valence-corrected chi connectivity index (χ2v) is 12.7. The van der Waals surface area contributed by atoms with Crippen LogP contribution >= 0.6 is 11.3 Å². The van der Waals surface area contributed by atoms with E-state index in [1.54, 1.807) is 29.7 Å². The Kier molecular flexibility index (Phi) is 7.98. The van der Waals surface area contributed by atoms with Gasteiger partial charge in [-0.15, -0.1) is 15.9 Å². The highest BCUT2D eigenvalue weighted by molar-refractivity contribution is 7.17. The van der Waals surface area contributed by atoms with Crippen LogP contribution in [-0.4, -0.2) is 89.1 Å². The van der Waals surface area contributed by atoms with Gasteiger partial charge < -0.3 is 9.64 Å². The zero-order chi connectivity index (χ0) is 30.0. The predicted molar refractivity (Wildman–Crippen MR) is 166 cm³/mol. The molecule has 3 aromatic rings. The number of hydrogen-bond acceptors (Lipinski definition) is 8. The Morgan fingerprint density at radius 1 is 1.23 bits per heavy atom. The van der Waals surface area contributed by atoms with Gasteiger partial charge in [0.2, 0.25) is 6.34 Å². The van der Waals surface area contributed by atoms with E-state index in [-0.39, 0.29) is 28.0 Å². The highest BCUT2D eigenvalue weighted by atomic mass is 32.1. The minimum atomic E-state index is -0.474. The van der Waals surface area contributed by atoms with E-state index in [9.17, 15) is 14.9 Å². The van der Waals surface area contributed by atoms with Gasteiger partial charge in [-0.1, -0.05) is 12.1 Å². The van der Waals surface area contributed by atoms with Crippen molar-refractivity contribution in [2.24, 2.45) is 4.99 Å². The second kappa shape index (κ2) is 11.9. The summed E-state index contributed by atoms with van der Waals surface area (Å²) in [6.07, 6.45) is 8.63. The molecule has 11 nitrogen and oxygen atoms in total. The number of hydrogen-bond donors (Lipinski definition) is 2. The number of rotatable bonds is 8. The van der Waals surface area contributed by atoms with Crippen LogP contribution in [-0.2, 0) is 9.53 Å². The molecule has 0 spiro atoms. The lowest BCUT2D eigenvalue weighted by atomic mass is 9.97. The molecule has 1 aromatic carbocycles. The number of aromatic amines is 1.